The van der Waals surface area contributed by atoms with E-state index in [1.807, 2.05) is 48.9 Å². The van der Waals surface area contributed by atoms with Crippen LogP contribution in [0.3, 0.4) is 0 Å². The van der Waals surface area contributed by atoms with Crippen molar-refractivity contribution in [2.24, 2.45) is 0 Å². The van der Waals surface area contributed by atoms with Crippen LogP contribution in [0.4, 0.5) is 5.69 Å². The number of nitrogens with zero attached hydrogens (tertiary/aromatic N) is 3. The Morgan fingerprint density at radius 2 is 1.92 bits per heavy atom. The first-order valence-corrected chi connectivity index (χ1v) is 8.47. The molecule has 1 aromatic carbocycles. The normalized spacial score (nSPS) is 10.6. The molecule has 0 aliphatic rings. The van der Waals surface area contributed by atoms with Crippen LogP contribution in [-0.4, -0.2) is 27.8 Å². The van der Waals surface area contributed by atoms with Crippen molar-refractivity contribution in [1.82, 2.24) is 14.8 Å². The highest BCUT2D eigenvalue weighted by atomic mass is 16.5. The highest BCUT2D eigenvalue weighted by molar-refractivity contribution is 5.90. The van der Waals surface area contributed by atoms with E-state index in [-0.39, 0.29) is 5.91 Å². The summed E-state index contributed by atoms with van der Waals surface area (Å²) in [5, 5.41) is 7.32. The van der Waals surface area contributed by atoms with Crippen molar-refractivity contribution in [2.75, 3.05) is 12.4 Å². The first-order chi connectivity index (χ1) is 12.5. The molecule has 0 aliphatic heterocycles. The zero-order valence-electron chi connectivity index (χ0n) is 15.2. The van der Waals surface area contributed by atoms with E-state index in [1.165, 1.54) is 0 Å². The summed E-state index contributed by atoms with van der Waals surface area (Å²) in [5.41, 5.74) is 4.89. The summed E-state index contributed by atoms with van der Waals surface area (Å²) in [6.07, 6.45) is 2.66. The highest BCUT2D eigenvalue weighted by Crippen LogP contribution is 2.15. The average Bonchev–Trinajstić information content (AvgIpc) is 2.99. The predicted molar refractivity (Wildman–Crippen MR) is 101 cm³/mol. The monoisotopic (exact) mass is 350 g/mol. The Bertz CT molecular complexity index is 883. The van der Waals surface area contributed by atoms with Gasteiger partial charge >= 0.3 is 0 Å². The highest BCUT2D eigenvalue weighted by Gasteiger charge is 2.06. The number of methoxy groups -OCH3 is 1. The molecule has 0 aliphatic carbocycles. The molecule has 3 aromatic rings. The minimum atomic E-state index is -0.0420. The third-order valence-electron chi connectivity index (χ3n) is 4.06. The molecule has 1 amide bonds. The molecule has 0 bridgehead atoms. The largest absolute Gasteiger partial charge is 0.481 e. The molecule has 0 saturated carbocycles. The number of hydrogen-bond donors (Lipinski definition) is 1. The van der Waals surface area contributed by atoms with Gasteiger partial charge in [0, 0.05) is 18.2 Å². The number of aryl methyl sites for hydroxylation is 3. The van der Waals surface area contributed by atoms with E-state index in [0.717, 1.165) is 22.6 Å². The molecule has 26 heavy (non-hydrogen) atoms. The Kier molecular flexibility index (Phi) is 5.31. The summed E-state index contributed by atoms with van der Waals surface area (Å²) in [5.74, 6) is 0.477. The quantitative estimate of drug-likeness (QED) is 0.739. The SMILES string of the molecule is COc1ccc(NC(=O)CCc2ccc(-n3nc(C)cc3C)cc2)cn1. The third kappa shape index (κ3) is 4.27. The summed E-state index contributed by atoms with van der Waals surface area (Å²) in [4.78, 5) is 16.2. The van der Waals surface area contributed by atoms with Crippen molar-refractivity contribution in [3.63, 3.8) is 0 Å². The molecule has 6 heteroatoms. The average molecular weight is 350 g/mol. The second kappa shape index (κ2) is 7.82. The van der Waals surface area contributed by atoms with Crippen LogP contribution in [0.15, 0.2) is 48.7 Å². The van der Waals surface area contributed by atoms with Gasteiger partial charge in [0.25, 0.3) is 0 Å². The van der Waals surface area contributed by atoms with E-state index < -0.39 is 0 Å². The number of carbonyl (C=O) groups excluding carboxylic acids is 1. The molecule has 1 N–H and O–H groups in total. The van der Waals surface area contributed by atoms with Crippen molar-refractivity contribution >= 4 is 11.6 Å². The zero-order valence-corrected chi connectivity index (χ0v) is 15.2. The van der Waals surface area contributed by atoms with Crippen LogP contribution >= 0.6 is 0 Å². The lowest BCUT2D eigenvalue weighted by Gasteiger charge is -2.07. The van der Waals surface area contributed by atoms with Crippen molar-refractivity contribution in [2.45, 2.75) is 26.7 Å². The van der Waals surface area contributed by atoms with Gasteiger partial charge in [-0.1, -0.05) is 12.1 Å². The molecule has 2 aromatic heterocycles. The van der Waals surface area contributed by atoms with Gasteiger partial charge in [-0.2, -0.15) is 5.10 Å². The Morgan fingerprint density at radius 1 is 1.15 bits per heavy atom. The number of aromatic nitrogens is 3. The van der Waals surface area contributed by atoms with Gasteiger partial charge in [0.1, 0.15) is 0 Å². The molecule has 0 spiro atoms. The summed E-state index contributed by atoms with van der Waals surface area (Å²) in [6, 6.07) is 13.7. The van der Waals surface area contributed by atoms with Gasteiger partial charge in [-0.15, -0.1) is 0 Å². The Labute approximate surface area is 152 Å². The van der Waals surface area contributed by atoms with Crippen LogP contribution in [0.1, 0.15) is 23.4 Å². The van der Waals surface area contributed by atoms with Gasteiger partial charge < -0.3 is 10.1 Å². The molecule has 0 unspecified atom stereocenters. The molecule has 134 valence electrons. The molecule has 0 saturated heterocycles. The van der Waals surface area contributed by atoms with Crippen molar-refractivity contribution in [1.29, 1.82) is 0 Å². The second-order valence-electron chi connectivity index (χ2n) is 6.14. The molecular weight excluding hydrogens is 328 g/mol. The Morgan fingerprint density at radius 3 is 2.50 bits per heavy atom. The van der Waals surface area contributed by atoms with E-state index in [9.17, 15) is 4.79 Å². The molecular formula is C20H22N4O2. The lowest BCUT2D eigenvalue weighted by molar-refractivity contribution is -0.116. The minimum absolute atomic E-state index is 0.0420. The number of rotatable bonds is 6. The number of carbonyl (C=O) groups is 1. The van der Waals surface area contributed by atoms with E-state index >= 15 is 0 Å². The Hall–Kier alpha value is -3.15. The summed E-state index contributed by atoms with van der Waals surface area (Å²) < 4.78 is 6.92. The van der Waals surface area contributed by atoms with Crippen LogP contribution in [0, 0.1) is 13.8 Å². The lowest BCUT2D eigenvalue weighted by atomic mass is 10.1. The Balaban J connectivity index is 1.55. The van der Waals surface area contributed by atoms with Crippen molar-refractivity contribution in [3.8, 4) is 11.6 Å². The lowest BCUT2D eigenvalue weighted by Crippen LogP contribution is -2.12. The van der Waals surface area contributed by atoms with Crippen LogP contribution in [0.5, 0.6) is 5.88 Å². The number of pyridine rings is 1. The van der Waals surface area contributed by atoms with E-state index in [1.54, 1.807) is 25.4 Å². The molecule has 0 radical (unpaired) electrons. The molecule has 2 heterocycles. The zero-order chi connectivity index (χ0) is 18.5. The number of benzene rings is 1. The molecule has 0 fully saturated rings. The first kappa shape index (κ1) is 17.7. The number of anilines is 1. The maximum Gasteiger partial charge on any atom is 0.224 e. The predicted octanol–water partition coefficient (Wildman–Crippen LogP) is 3.46. The van der Waals surface area contributed by atoms with E-state index in [0.29, 0.717) is 24.4 Å². The smallest absolute Gasteiger partial charge is 0.224 e. The maximum absolute atomic E-state index is 12.1. The van der Waals surface area contributed by atoms with Gasteiger partial charge in [0.05, 0.1) is 30.4 Å². The standard InChI is InChI=1S/C20H22N4O2/c1-14-12-15(2)24(23-14)18-8-4-16(5-9-18)6-10-19(25)22-17-7-11-20(26-3)21-13-17/h4-5,7-9,11-13H,6,10H2,1-3H3,(H,22,25). The topological polar surface area (TPSA) is 69.0 Å². The second-order valence-corrected chi connectivity index (χ2v) is 6.14. The maximum atomic E-state index is 12.1. The number of amides is 1. The number of nitrogens with one attached hydrogen (secondary N) is 1. The molecule has 0 atom stereocenters. The van der Waals surface area contributed by atoms with Crippen molar-refractivity contribution < 1.29 is 9.53 Å². The van der Waals surface area contributed by atoms with Gasteiger partial charge in [-0.3, -0.25) is 4.79 Å². The molecule has 3 rings (SSSR count). The number of hydrogen-bond acceptors (Lipinski definition) is 4. The fraction of sp³-hybridized carbons (Fsp3) is 0.250. The van der Waals surface area contributed by atoms with Crippen LogP contribution in [0.25, 0.3) is 5.69 Å². The number of ether oxygens (including phenoxy) is 1. The fourth-order valence-electron chi connectivity index (χ4n) is 2.75. The van der Waals surface area contributed by atoms with Gasteiger partial charge in [0.2, 0.25) is 11.8 Å². The van der Waals surface area contributed by atoms with E-state index in [2.05, 4.69) is 15.4 Å². The molecule has 6 nitrogen and oxygen atoms in total. The van der Waals surface area contributed by atoms with Gasteiger partial charge in [-0.05, 0) is 50.1 Å². The van der Waals surface area contributed by atoms with Crippen molar-refractivity contribution in [3.05, 3.63) is 65.6 Å². The van der Waals surface area contributed by atoms with E-state index in [4.69, 9.17) is 4.74 Å². The summed E-state index contributed by atoms with van der Waals surface area (Å²) in [6.45, 7) is 4.01. The van der Waals surface area contributed by atoms with Crippen LogP contribution in [-0.2, 0) is 11.2 Å². The van der Waals surface area contributed by atoms with Crippen LogP contribution in [0.2, 0.25) is 0 Å². The minimum Gasteiger partial charge on any atom is -0.481 e. The third-order valence-corrected chi connectivity index (χ3v) is 4.06. The van der Waals surface area contributed by atoms with Gasteiger partial charge in [-0.25, -0.2) is 9.67 Å². The fourth-order valence-corrected chi connectivity index (χ4v) is 2.75. The van der Waals surface area contributed by atoms with Crippen LogP contribution < -0.4 is 10.1 Å². The first-order valence-electron chi connectivity index (χ1n) is 8.47. The summed E-state index contributed by atoms with van der Waals surface area (Å²) in [7, 11) is 1.56. The summed E-state index contributed by atoms with van der Waals surface area (Å²) >= 11 is 0. The van der Waals surface area contributed by atoms with Gasteiger partial charge in [0.15, 0.2) is 0 Å².